The first-order valence-corrected chi connectivity index (χ1v) is 15.5. The second-order valence-corrected chi connectivity index (χ2v) is 14.6. The van der Waals surface area contributed by atoms with Gasteiger partial charge in [0.2, 0.25) is 5.91 Å². The molecule has 1 aromatic carbocycles. The molecule has 2 N–H and O–H groups in total. The Kier molecular flexibility index (Phi) is 8.69. The Labute approximate surface area is 252 Å². The number of hydrogen-bond acceptors (Lipinski definition) is 7. The molecule has 11 heteroatoms. The molecule has 0 fully saturated rings. The highest BCUT2D eigenvalue weighted by molar-refractivity contribution is 7.90. The zero-order valence-electron chi connectivity index (χ0n) is 25.8. The summed E-state index contributed by atoms with van der Waals surface area (Å²) in [4.78, 5) is 35.0. The average Bonchev–Trinajstić information content (AvgIpc) is 3.24. The van der Waals surface area contributed by atoms with Crippen molar-refractivity contribution in [2.24, 2.45) is 5.41 Å². The van der Waals surface area contributed by atoms with Gasteiger partial charge in [0, 0.05) is 22.8 Å². The first-order valence-electron chi connectivity index (χ1n) is 14.0. The summed E-state index contributed by atoms with van der Waals surface area (Å²) in [7, 11) is -3.88. The monoisotopic (exact) mass is 605 g/mol. The number of aryl methyl sites for hydroxylation is 2. The highest BCUT2D eigenvalue weighted by Crippen LogP contribution is 2.33. The molecule has 4 aromatic rings. The van der Waals surface area contributed by atoms with Gasteiger partial charge in [-0.2, -0.15) is 0 Å². The number of nitrogens with zero attached hydrogens (tertiary/aromatic N) is 3. The molecule has 3 aromatic heterocycles. The van der Waals surface area contributed by atoms with Crippen molar-refractivity contribution in [1.82, 2.24) is 19.3 Å². The Hall–Kier alpha value is -4.25. The van der Waals surface area contributed by atoms with Crippen molar-refractivity contribution in [3.63, 3.8) is 0 Å². The average molecular weight is 606 g/mol. The maximum atomic E-state index is 13.5. The van der Waals surface area contributed by atoms with Crippen molar-refractivity contribution in [2.45, 2.75) is 78.3 Å². The third-order valence-corrected chi connectivity index (χ3v) is 8.35. The topological polar surface area (TPSA) is 132 Å². The molecule has 43 heavy (non-hydrogen) atoms. The van der Waals surface area contributed by atoms with Crippen molar-refractivity contribution in [1.29, 1.82) is 0 Å². The lowest BCUT2D eigenvalue weighted by atomic mass is 9.88. The number of hydrogen-bond donors (Lipinski definition) is 2. The zero-order chi connectivity index (χ0) is 31.7. The molecule has 0 radical (unpaired) electrons. The SMILES string of the molecule is Cc1cc(NC(=O)[C@@H](CC(C)(C)C)NC(=O)OC(C)(C)C)cnc1-c1ccnc2c1cc(C)n2S(=O)(=O)c1ccccc1. The van der Waals surface area contributed by atoms with E-state index in [4.69, 9.17) is 4.74 Å². The van der Waals surface area contributed by atoms with Crippen LogP contribution in [0.5, 0.6) is 0 Å². The van der Waals surface area contributed by atoms with Crippen LogP contribution in [0.3, 0.4) is 0 Å². The number of ether oxygens (including phenoxy) is 1. The molecule has 10 nitrogen and oxygen atoms in total. The zero-order valence-corrected chi connectivity index (χ0v) is 26.7. The lowest BCUT2D eigenvalue weighted by Crippen LogP contribution is -2.47. The Bertz CT molecular complexity index is 1770. The van der Waals surface area contributed by atoms with Gasteiger partial charge in [-0.15, -0.1) is 0 Å². The largest absolute Gasteiger partial charge is 0.444 e. The smallest absolute Gasteiger partial charge is 0.408 e. The number of nitrogens with one attached hydrogen (secondary N) is 2. The molecule has 1 atom stereocenters. The molecule has 228 valence electrons. The van der Waals surface area contributed by atoms with Crippen LogP contribution in [0.1, 0.15) is 59.2 Å². The van der Waals surface area contributed by atoms with Crippen LogP contribution in [0.25, 0.3) is 22.3 Å². The van der Waals surface area contributed by atoms with E-state index in [9.17, 15) is 18.0 Å². The van der Waals surface area contributed by atoms with Crippen LogP contribution in [-0.4, -0.2) is 46.0 Å². The molecule has 0 unspecified atom stereocenters. The van der Waals surface area contributed by atoms with E-state index < -0.39 is 27.8 Å². The Morgan fingerprint density at radius 2 is 1.65 bits per heavy atom. The van der Waals surface area contributed by atoms with E-state index in [-0.39, 0.29) is 16.2 Å². The third-order valence-electron chi connectivity index (χ3n) is 6.54. The fraction of sp³-hybridized carbons (Fsp3) is 0.375. The van der Waals surface area contributed by atoms with Gasteiger partial charge in [-0.1, -0.05) is 39.0 Å². The minimum atomic E-state index is -3.88. The normalized spacial score (nSPS) is 13.0. The van der Waals surface area contributed by atoms with E-state index in [1.54, 1.807) is 88.6 Å². The van der Waals surface area contributed by atoms with Gasteiger partial charge in [0.25, 0.3) is 10.0 Å². The van der Waals surface area contributed by atoms with Gasteiger partial charge < -0.3 is 15.4 Å². The minimum Gasteiger partial charge on any atom is -0.444 e. The van der Waals surface area contributed by atoms with Gasteiger partial charge in [0.15, 0.2) is 5.65 Å². The number of carbonyl (C=O) groups excluding carboxylic acids is 2. The summed E-state index contributed by atoms with van der Waals surface area (Å²) < 4.78 is 33.6. The molecule has 0 aliphatic heterocycles. The van der Waals surface area contributed by atoms with Crippen LogP contribution in [0.15, 0.2) is 65.8 Å². The summed E-state index contributed by atoms with van der Waals surface area (Å²) in [5.41, 5.74) is 2.42. The summed E-state index contributed by atoms with van der Waals surface area (Å²) in [5.74, 6) is -0.389. The minimum absolute atomic E-state index is 0.170. The van der Waals surface area contributed by atoms with Gasteiger partial charge >= 0.3 is 6.09 Å². The number of carbonyl (C=O) groups is 2. The first kappa shape index (κ1) is 31.7. The highest BCUT2D eigenvalue weighted by atomic mass is 32.2. The van der Waals surface area contributed by atoms with Crippen LogP contribution in [0.4, 0.5) is 10.5 Å². The van der Waals surface area contributed by atoms with Gasteiger partial charge in [0.05, 0.1) is 22.5 Å². The molecule has 0 aliphatic rings. The van der Waals surface area contributed by atoms with E-state index >= 15 is 0 Å². The number of amides is 2. The van der Waals surface area contributed by atoms with E-state index in [0.29, 0.717) is 40.1 Å². The number of alkyl carbamates (subject to hydrolysis) is 1. The molecule has 0 saturated carbocycles. The van der Waals surface area contributed by atoms with Crippen molar-refractivity contribution in [2.75, 3.05) is 5.32 Å². The van der Waals surface area contributed by atoms with Gasteiger partial charge in [-0.25, -0.2) is 22.2 Å². The number of rotatable bonds is 7. The Balaban J connectivity index is 1.64. The lowest BCUT2D eigenvalue weighted by molar-refractivity contribution is -0.118. The fourth-order valence-corrected chi connectivity index (χ4v) is 6.35. The van der Waals surface area contributed by atoms with E-state index in [0.717, 1.165) is 5.56 Å². The van der Waals surface area contributed by atoms with Crippen LogP contribution in [0.2, 0.25) is 0 Å². The molecular weight excluding hydrogens is 566 g/mol. The summed E-state index contributed by atoms with van der Waals surface area (Å²) in [6.45, 7) is 14.8. The van der Waals surface area contributed by atoms with Gasteiger partial charge in [0.1, 0.15) is 11.6 Å². The fourth-order valence-electron chi connectivity index (χ4n) is 4.83. The maximum Gasteiger partial charge on any atom is 0.408 e. The summed E-state index contributed by atoms with van der Waals surface area (Å²) in [6, 6.07) is 12.8. The molecule has 0 spiro atoms. The van der Waals surface area contributed by atoms with Crippen LogP contribution >= 0.6 is 0 Å². The predicted molar refractivity (Wildman–Crippen MR) is 167 cm³/mol. The van der Waals surface area contributed by atoms with Crippen LogP contribution < -0.4 is 10.6 Å². The molecule has 0 aliphatic carbocycles. The summed E-state index contributed by atoms with van der Waals surface area (Å²) in [5, 5.41) is 6.21. The molecule has 2 amide bonds. The van der Waals surface area contributed by atoms with Crippen molar-refractivity contribution >= 4 is 38.7 Å². The standard InChI is InChI=1S/C32H39N5O5S/c1-20-16-22(35-29(38)26(18-31(3,4)5)36-30(39)42-32(6,7)8)19-34-27(20)24-14-15-33-28-25(24)17-21(2)37(28)43(40,41)23-12-10-9-11-13-23/h9-17,19,26H,18H2,1-8H3,(H,35,38)(H,36,39)/t26-/m1/s1. The third kappa shape index (κ3) is 7.40. The lowest BCUT2D eigenvalue weighted by Gasteiger charge is -2.27. The second-order valence-electron chi connectivity index (χ2n) is 12.8. The van der Waals surface area contributed by atoms with Crippen LogP contribution in [-0.2, 0) is 19.6 Å². The van der Waals surface area contributed by atoms with Crippen molar-refractivity contribution in [3.8, 4) is 11.3 Å². The van der Waals surface area contributed by atoms with E-state index in [1.165, 1.54) is 3.97 Å². The number of anilines is 1. The Morgan fingerprint density at radius 3 is 2.26 bits per heavy atom. The maximum absolute atomic E-state index is 13.5. The number of pyridine rings is 2. The Morgan fingerprint density at radius 1 is 0.977 bits per heavy atom. The first-order chi connectivity index (χ1) is 20.0. The quantitative estimate of drug-likeness (QED) is 0.256. The molecule has 0 saturated heterocycles. The van der Waals surface area contributed by atoms with E-state index in [2.05, 4.69) is 20.6 Å². The van der Waals surface area contributed by atoms with Gasteiger partial charge in [-0.05, 0) is 82.3 Å². The van der Waals surface area contributed by atoms with Crippen molar-refractivity contribution in [3.05, 3.63) is 72.2 Å². The number of fused-ring (bicyclic) bond motifs is 1. The molecule has 0 bridgehead atoms. The van der Waals surface area contributed by atoms with Gasteiger partial charge in [-0.3, -0.25) is 9.78 Å². The molecule has 4 rings (SSSR count). The van der Waals surface area contributed by atoms with Crippen molar-refractivity contribution < 1.29 is 22.7 Å². The highest BCUT2D eigenvalue weighted by Gasteiger charge is 2.29. The molecular formula is C32H39N5O5S. The number of benzene rings is 1. The second kappa shape index (κ2) is 11.8. The predicted octanol–water partition coefficient (Wildman–Crippen LogP) is 6.22. The van der Waals surface area contributed by atoms with Crippen LogP contribution in [0, 0.1) is 19.3 Å². The number of aromatic nitrogens is 3. The molecule has 3 heterocycles. The van der Waals surface area contributed by atoms with E-state index in [1.807, 2.05) is 27.7 Å². The summed E-state index contributed by atoms with van der Waals surface area (Å²) >= 11 is 0. The summed E-state index contributed by atoms with van der Waals surface area (Å²) in [6.07, 6.45) is 2.82.